The Hall–Kier alpha value is -2.33. The first-order chi connectivity index (χ1) is 10.2. The molecule has 2 N–H and O–H groups in total. The molecule has 4 rings (SSSR count). The number of fused-ring (bicyclic) bond motifs is 2. The molecule has 21 heavy (non-hydrogen) atoms. The van der Waals surface area contributed by atoms with Gasteiger partial charge in [-0.25, -0.2) is 4.98 Å². The van der Waals surface area contributed by atoms with E-state index in [1.165, 1.54) is 11.1 Å². The zero-order chi connectivity index (χ0) is 14.4. The van der Waals surface area contributed by atoms with E-state index in [2.05, 4.69) is 22.4 Å². The van der Waals surface area contributed by atoms with Crippen LogP contribution in [0.1, 0.15) is 22.9 Å². The third-order valence-electron chi connectivity index (χ3n) is 4.12. The van der Waals surface area contributed by atoms with Crippen molar-refractivity contribution in [2.24, 2.45) is 0 Å². The van der Waals surface area contributed by atoms with E-state index in [9.17, 15) is 5.11 Å². The highest BCUT2D eigenvalue weighted by Crippen LogP contribution is 2.34. The molecule has 4 nitrogen and oxygen atoms in total. The quantitative estimate of drug-likeness (QED) is 0.758. The second-order valence-corrected chi connectivity index (χ2v) is 5.63. The topological polar surface area (TPSA) is 49.6 Å². The zero-order valence-electron chi connectivity index (χ0n) is 11.8. The van der Waals surface area contributed by atoms with Crippen LogP contribution in [0.15, 0.2) is 48.8 Å². The highest BCUT2D eigenvalue weighted by Gasteiger charge is 2.31. The number of hydrogen-bond acceptors (Lipinski definition) is 3. The number of aliphatic hydroxyl groups excluding tert-OH is 1. The van der Waals surface area contributed by atoms with Gasteiger partial charge in [0, 0.05) is 18.8 Å². The van der Waals surface area contributed by atoms with Crippen molar-refractivity contribution < 1.29 is 5.11 Å². The summed E-state index contributed by atoms with van der Waals surface area (Å²) >= 11 is 0. The minimum atomic E-state index is -0.404. The van der Waals surface area contributed by atoms with E-state index >= 15 is 0 Å². The monoisotopic (exact) mass is 279 g/mol. The summed E-state index contributed by atoms with van der Waals surface area (Å²) in [7, 11) is 0. The standard InChI is InChI=1S/C17H17N3O/c1-11-10-20-8-4-7-14(17(20)18-11)19-16-13-6-3-2-5-12(13)9-15(16)21/h2-8,10,15-16,19,21H,9H2,1H3/t15-,16-/m1/s1. The highest BCUT2D eigenvalue weighted by molar-refractivity contribution is 5.69. The number of hydrogen-bond donors (Lipinski definition) is 2. The second kappa shape index (κ2) is 4.60. The smallest absolute Gasteiger partial charge is 0.160 e. The van der Waals surface area contributed by atoms with Gasteiger partial charge in [0.1, 0.15) is 0 Å². The van der Waals surface area contributed by atoms with Gasteiger partial charge in [-0.3, -0.25) is 0 Å². The van der Waals surface area contributed by atoms with Gasteiger partial charge in [-0.1, -0.05) is 24.3 Å². The summed E-state index contributed by atoms with van der Waals surface area (Å²) < 4.78 is 2.00. The zero-order valence-corrected chi connectivity index (χ0v) is 11.8. The third kappa shape index (κ3) is 1.99. The molecule has 1 aliphatic rings. The lowest BCUT2D eigenvalue weighted by Crippen LogP contribution is -2.21. The number of benzene rings is 1. The number of imidazole rings is 1. The molecule has 3 aromatic rings. The molecule has 0 radical (unpaired) electrons. The molecule has 0 bridgehead atoms. The largest absolute Gasteiger partial charge is 0.390 e. The van der Waals surface area contributed by atoms with Crippen molar-refractivity contribution in [3.05, 3.63) is 65.6 Å². The van der Waals surface area contributed by atoms with E-state index in [1.54, 1.807) is 0 Å². The van der Waals surface area contributed by atoms with Crippen LogP contribution in [0.2, 0.25) is 0 Å². The number of anilines is 1. The Balaban J connectivity index is 1.75. The minimum absolute atomic E-state index is 0.0793. The molecule has 0 saturated carbocycles. The normalized spacial score (nSPS) is 20.7. The molecule has 2 heterocycles. The number of nitrogens with one attached hydrogen (secondary N) is 1. The van der Waals surface area contributed by atoms with E-state index < -0.39 is 6.10 Å². The Kier molecular flexibility index (Phi) is 2.72. The van der Waals surface area contributed by atoms with Gasteiger partial charge >= 0.3 is 0 Å². The first kappa shape index (κ1) is 12.4. The van der Waals surface area contributed by atoms with Crippen LogP contribution >= 0.6 is 0 Å². The molecule has 1 aliphatic carbocycles. The number of rotatable bonds is 2. The molecule has 1 aromatic carbocycles. The van der Waals surface area contributed by atoms with Crippen molar-refractivity contribution in [2.75, 3.05) is 5.32 Å². The van der Waals surface area contributed by atoms with E-state index in [1.807, 2.05) is 48.0 Å². The van der Waals surface area contributed by atoms with Gasteiger partial charge in [-0.15, -0.1) is 0 Å². The first-order valence-corrected chi connectivity index (χ1v) is 7.19. The Morgan fingerprint density at radius 3 is 3.00 bits per heavy atom. The SMILES string of the molecule is Cc1cn2cccc(N[C@@H]3c4ccccc4C[C@H]3O)c2n1. The van der Waals surface area contributed by atoms with Crippen LogP contribution in [0, 0.1) is 6.92 Å². The van der Waals surface area contributed by atoms with Gasteiger partial charge in [0.2, 0.25) is 0 Å². The van der Waals surface area contributed by atoms with Crippen molar-refractivity contribution in [1.29, 1.82) is 0 Å². The van der Waals surface area contributed by atoms with E-state index in [0.29, 0.717) is 6.42 Å². The van der Waals surface area contributed by atoms with E-state index in [4.69, 9.17) is 0 Å². The molecule has 2 atom stereocenters. The number of pyridine rings is 1. The lowest BCUT2D eigenvalue weighted by molar-refractivity contribution is 0.166. The maximum absolute atomic E-state index is 10.4. The molecular weight excluding hydrogens is 262 g/mol. The van der Waals surface area contributed by atoms with Crippen molar-refractivity contribution >= 4 is 11.3 Å². The van der Waals surface area contributed by atoms with Crippen LogP contribution in [-0.2, 0) is 6.42 Å². The van der Waals surface area contributed by atoms with Gasteiger partial charge in [0.25, 0.3) is 0 Å². The predicted molar refractivity (Wildman–Crippen MR) is 82.4 cm³/mol. The van der Waals surface area contributed by atoms with E-state index in [0.717, 1.165) is 17.0 Å². The van der Waals surface area contributed by atoms with Gasteiger partial charge in [-0.2, -0.15) is 0 Å². The molecule has 0 saturated heterocycles. The molecule has 0 fully saturated rings. The Labute approximate surface area is 123 Å². The average molecular weight is 279 g/mol. The summed E-state index contributed by atoms with van der Waals surface area (Å²) in [6.45, 7) is 1.98. The number of nitrogens with zero attached hydrogens (tertiary/aromatic N) is 2. The highest BCUT2D eigenvalue weighted by atomic mass is 16.3. The first-order valence-electron chi connectivity index (χ1n) is 7.19. The van der Waals surface area contributed by atoms with Gasteiger partial charge in [0.15, 0.2) is 5.65 Å². The summed E-state index contributed by atoms with van der Waals surface area (Å²) in [5, 5.41) is 13.8. The second-order valence-electron chi connectivity index (χ2n) is 5.63. The van der Waals surface area contributed by atoms with Crippen LogP contribution < -0.4 is 5.32 Å². The van der Waals surface area contributed by atoms with Crippen molar-refractivity contribution in [3.63, 3.8) is 0 Å². The van der Waals surface area contributed by atoms with Crippen LogP contribution in [0.4, 0.5) is 5.69 Å². The third-order valence-corrected chi connectivity index (χ3v) is 4.12. The van der Waals surface area contributed by atoms with Crippen molar-refractivity contribution in [2.45, 2.75) is 25.5 Å². The molecule has 4 heteroatoms. The predicted octanol–water partition coefficient (Wildman–Crippen LogP) is 2.71. The average Bonchev–Trinajstić information content (AvgIpc) is 3.00. The van der Waals surface area contributed by atoms with E-state index in [-0.39, 0.29) is 6.04 Å². The Bertz CT molecular complexity index is 809. The number of aliphatic hydroxyl groups is 1. The molecule has 0 spiro atoms. The molecule has 106 valence electrons. The number of aryl methyl sites for hydroxylation is 1. The minimum Gasteiger partial charge on any atom is -0.390 e. The van der Waals surface area contributed by atoms with Crippen molar-refractivity contribution in [1.82, 2.24) is 9.38 Å². The fourth-order valence-corrected chi connectivity index (χ4v) is 3.16. The van der Waals surface area contributed by atoms with Crippen molar-refractivity contribution in [3.8, 4) is 0 Å². The number of aromatic nitrogens is 2. The Morgan fingerprint density at radius 1 is 1.24 bits per heavy atom. The summed E-state index contributed by atoms with van der Waals surface area (Å²) in [6.07, 6.45) is 4.28. The molecule has 2 aromatic heterocycles. The lowest BCUT2D eigenvalue weighted by atomic mass is 10.1. The van der Waals surface area contributed by atoms with Gasteiger partial charge in [0.05, 0.1) is 23.5 Å². The maximum Gasteiger partial charge on any atom is 0.160 e. The fourth-order valence-electron chi connectivity index (χ4n) is 3.16. The summed E-state index contributed by atoms with van der Waals surface area (Å²) in [5.41, 5.74) is 5.22. The molecule has 0 unspecified atom stereocenters. The summed E-state index contributed by atoms with van der Waals surface area (Å²) in [6, 6.07) is 12.1. The fraction of sp³-hybridized carbons (Fsp3) is 0.235. The maximum atomic E-state index is 10.4. The Morgan fingerprint density at radius 2 is 2.10 bits per heavy atom. The summed E-state index contributed by atoms with van der Waals surface area (Å²) in [4.78, 5) is 4.56. The van der Waals surface area contributed by atoms with Gasteiger partial charge in [-0.05, 0) is 30.2 Å². The lowest BCUT2D eigenvalue weighted by Gasteiger charge is -2.19. The van der Waals surface area contributed by atoms with Crippen LogP contribution in [0.25, 0.3) is 5.65 Å². The molecule has 0 amide bonds. The molecular formula is C17H17N3O. The van der Waals surface area contributed by atoms with Crippen LogP contribution in [0.3, 0.4) is 0 Å². The van der Waals surface area contributed by atoms with Crippen LogP contribution in [-0.4, -0.2) is 20.6 Å². The van der Waals surface area contributed by atoms with Crippen LogP contribution in [0.5, 0.6) is 0 Å². The molecule has 0 aliphatic heterocycles. The van der Waals surface area contributed by atoms with Gasteiger partial charge < -0.3 is 14.8 Å². The summed E-state index contributed by atoms with van der Waals surface area (Å²) in [5.74, 6) is 0.